The number of benzene rings is 2. The number of halogens is 6. The predicted molar refractivity (Wildman–Crippen MR) is 128 cm³/mol. The molecule has 1 saturated carbocycles. The van der Waals surface area contributed by atoms with Gasteiger partial charge in [0, 0.05) is 37.9 Å². The van der Waals surface area contributed by atoms with Crippen LogP contribution in [-0.2, 0) is 16.9 Å². The van der Waals surface area contributed by atoms with E-state index in [0.717, 1.165) is 18.4 Å². The lowest BCUT2D eigenvalue weighted by Crippen LogP contribution is -2.50. The van der Waals surface area contributed by atoms with Crippen LogP contribution in [0.4, 0.5) is 26.3 Å². The number of alkyl halides is 6. The van der Waals surface area contributed by atoms with E-state index in [1.54, 1.807) is 11.0 Å². The van der Waals surface area contributed by atoms with Gasteiger partial charge in [-0.05, 0) is 73.1 Å². The first-order valence-corrected chi connectivity index (χ1v) is 14.5. The maximum Gasteiger partial charge on any atom is 0.416 e. The molecule has 0 spiro atoms. The van der Waals surface area contributed by atoms with Crippen LogP contribution in [0.15, 0.2) is 42.5 Å². The number of hydrogen-bond donors (Lipinski definition) is 1. The van der Waals surface area contributed by atoms with E-state index in [0.29, 0.717) is 49.6 Å². The molecule has 0 bridgehead atoms. The highest BCUT2D eigenvalue weighted by Crippen LogP contribution is 2.51. The standard InChI is InChI=1S/C26H30F6NO3P/c1-16(22-11-20(25(27,28)29)8-9-24(22)26(30,31)32)33-12-17(13-33)14-36-21-5-3-4-19(10-21)23(18-6-7-18)15-37(2,34)35/h3-5,8-11,16-18,23H,6-7,12-15H2,1-2H3,(H,34,35)/t16?,23-/m0/s1. The van der Waals surface area contributed by atoms with Gasteiger partial charge in [0.05, 0.1) is 17.7 Å². The zero-order valence-electron chi connectivity index (χ0n) is 20.5. The lowest BCUT2D eigenvalue weighted by atomic mass is 9.92. The average Bonchev–Trinajstić information content (AvgIpc) is 3.59. The molecule has 0 amide bonds. The van der Waals surface area contributed by atoms with Crippen molar-refractivity contribution in [3.8, 4) is 5.75 Å². The Morgan fingerprint density at radius 1 is 1.05 bits per heavy atom. The van der Waals surface area contributed by atoms with Gasteiger partial charge in [-0.25, -0.2) is 0 Å². The predicted octanol–water partition coefficient (Wildman–Crippen LogP) is 7.19. The summed E-state index contributed by atoms with van der Waals surface area (Å²) in [7, 11) is -3.19. The van der Waals surface area contributed by atoms with Gasteiger partial charge in [0.2, 0.25) is 0 Å². The van der Waals surface area contributed by atoms with E-state index in [-0.39, 0.29) is 18.0 Å². The summed E-state index contributed by atoms with van der Waals surface area (Å²) < 4.78 is 97.9. The molecule has 1 N–H and O–H groups in total. The molecule has 2 fully saturated rings. The molecule has 11 heteroatoms. The van der Waals surface area contributed by atoms with Crippen molar-refractivity contribution in [3.05, 3.63) is 64.7 Å². The number of nitrogens with zero attached hydrogens (tertiary/aromatic N) is 1. The summed E-state index contributed by atoms with van der Waals surface area (Å²) in [4.78, 5) is 11.6. The Morgan fingerprint density at radius 2 is 1.73 bits per heavy atom. The summed E-state index contributed by atoms with van der Waals surface area (Å²) in [6.07, 6.45) is -7.23. The molecule has 2 unspecified atom stereocenters. The number of likely N-dealkylation sites (tertiary alicyclic amines) is 1. The summed E-state index contributed by atoms with van der Waals surface area (Å²) >= 11 is 0. The largest absolute Gasteiger partial charge is 0.493 e. The Hall–Kier alpha value is -2.03. The molecule has 0 aromatic heterocycles. The average molecular weight is 549 g/mol. The number of hydrogen-bond acceptors (Lipinski definition) is 3. The molecule has 4 rings (SSSR count). The summed E-state index contributed by atoms with van der Waals surface area (Å²) in [6, 6.07) is 8.14. The fourth-order valence-electron chi connectivity index (χ4n) is 5.01. The SMILES string of the molecule is CC(c1cc(C(F)(F)F)ccc1C(F)(F)F)N1CC(COc2cccc([C@@H](CP(C)(=O)O)C3CC3)c2)C1. The third kappa shape index (κ3) is 7.09. The van der Waals surface area contributed by atoms with Gasteiger partial charge >= 0.3 is 12.4 Å². The second-order valence-electron chi connectivity index (χ2n) is 10.4. The number of rotatable bonds is 9. The van der Waals surface area contributed by atoms with E-state index < -0.39 is 42.5 Å². The Morgan fingerprint density at radius 3 is 2.30 bits per heavy atom. The van der Waals surface area contributed by atoms with Crippen molar-refractivity contribution < 1.29 is 40.5 Å². The molecule has 0 radical (unpaired) electrons. The van der Waals surface area contributed by atoms with E-state index in [9.17, 15) is 35.8 Å². The van der Waals surface area contributed by atoms with Crippen LogP contribution >= 0.6 is 7.37 Å². The van der Waals surface area contributed by atoms with E-state index in [1.165, 1.54) is 13.6 Å². The van der Waals surface area contributed by atoms with E-state index >= 15 is 0 Å². The lowest BCUT2D eigenvalue weighted by molar-refractivity contribution is -0.142. The van der Waals surface area contributed by atoms with Crippen molar-refractivity contribution in [3.63, 3.8) is 0 Å². The molecule has 2 aromatic rings. The lowest BCUT2D eigenvalue weighted by Gasteiger charge is -2.43. The Labute approximate surface area is 212 Å². The molecule has 1 aliphatic heterocycles. The summed E-state index contributed by atoms with van der Waals surface area (Å²) in [6.45, 7) is 3.94. The van der Waals surface area contributed by atoms with Gasteiger partial charge in [-0.1, -0.05) is 12.1 Å². The van der Waals surface area contributed by atoms with E-state index in [1.807, 2.05) is 18.2 Å². The molecule has 1 heterocycles. The molecular weight excluding hydrogens is 519 g/mol. The van der Waals surface area contributed by atoms with Crippen LogP contribution in [0, 0.1) is 11.8 Å². The van der Waals surface area contributed by atoms with Gasteiger partial charge in [0.1, 0.15) is 5.75 Å². The second kappa shape index (κ2) is 10.3. The molecule has 2 aliphatic rings. The van der Waals surface area contributed by atoms with Crippen LogP contribution in [0.25, 0.3) is 0 Å². The molecule has 37 heavy (non-hydrogen) atoms. The highest BCUT2D eigenvalue weighted by atomic mass is 31.2. The van der Waals surface area contributed by atoms with Gasteiger partial charge in [-0.15, -0.1) is 0 Å². The third-order valence-corrected chi connectivity index (χ3v) is 8.24. The molecule has 204 valence electrons. The maximum absolute atomic E-state index is 13.5. The second-order valence-corrected chi connectivity index (χ2v) is 12.8. The summed E-state index contributed by atoms with van der Waals surface area (Å²) in [5.41, 5.74) is -1.61. The van der Waals surface area contributed by atoms with Crippen LogP contribution in [0.2, 0.25) is 0 Å². The Kier molecular flexibility index (Phi) is 7.77. The smallest absolute Gasteiger partial charge is 0.416 e. The Balaban J connectivity index is 1.38. The van der Waals surface area contributed by atoms with Crippen LogP contribution in [0.5, 0.6) is 5.75 Å². The van der Waals surface area contributed by atoms with E-state index in [4.69, 9.17) is 4.74 Å². The first kappa shape index (κ1) is 28.0. The third-order valence-electron chi connectivity index (χ3n) is 7.17. The van der Waals surface area contributed by atoms with Crippen LogP contribution < -0.4 is 4.74 Å². The first-order chi connectivity index (χ1) is 17.1. The van der Waals surface area contributed by atoms with Crippen molar-refractivity contribution in [1.82, 2.24) is 4.90 Å². The van der Waals surface area contributed by atoms with Crippen molar-refractivity contribution in [2.24, 2.45) is 11.8 Å². The van der Waals surface area contributed by atoms with Crippen molar-refractivity contribution >= 4 is 7.37 Å². The topological polar surface area (TPSA) is 49.8 Å². The molecule has 4 nitrogen and oxygen atoms in total. The van der Waals surface area contributed by atoms with Gasteiger partial charge in [0.25, 0.3) is 0 Å². The van der Waals surface area contributed by atoms with Crippen LogP contribution in [0.1, 0.15) is 54.0 Å². The maximum atomic E-state index is 13.5. The normalized spacial score (nSPS) is 20.7. The van der Waals surface area contributed by atoms with Gasteiger partial charge < -0.3 is 9.63 Å². The monoisotopic (exact) mass is 549 g/mol. The van der Waals surface area contributed by atoms with Crippen molar-refractivity contribution in [2.75, 3.05) is 32.5 Å². The minimum absolute atomic E-state index is 0.0128. The minimum Gasteiger partial charge on any atom is -0.493 e. The van der Waals surface area contributed by atoms with Crippen LogP contribution in [-0.4, -0.2) is 42.3 Å². The van der Waals surface area contributed by atoms with E-state index in [2.05, 4.69) is 0 Å². The fraction of sp³-hybridized carbons (Fsp3) is 0.538. The molecule has 1 aliphatic carbocycles. The number of ether oxygens (including phenoxy) is 1. The molecule has 3 atom stereocenters. The first-order valence-electron chi connectivity index (χ1n) is 12.2. The minimum atomic E-state index is -4.76. The zero-order valence-corrected chi connectivity index (χ0v) is 21.4. The highest BCUT2D eigenvalue weighted by molar-refractivity contribution is 7.57. The van der Waals surface area contributed by atoms with Gasteiger partial charge in [-0.2, -0.15) is 26.3 Å². The van der Waals surface area contributed by atoms with Gasteiger partial charge in [-0.3, -0.25) is 9.46 Å². The molecule has 1 saturated heterocycles. The van der Waals surface area contributed by atoms with Crippen LogP contribution in [0.3, 0.4) is 0 Å². The van der Waals surface area contributed by atoms with Gasteiger partial charge in [0.15, 0.2) is 7.37 Å². The van der Waals surface area contributed by atoms with Crippen molar-refractivity contribution in [2.45, 2.75) is 44.1 Å². The fourth-order valence-corrected chi connectivity index (χ4v) is 6.25. The summed E-state index contributed by atoms with van der Waals surface area (Å²) in [5, 5.41) is 0. The summed E-state index contributed by atoms with van der Waals surface area (Å²) in [5.74, 6) is 0.990. The highest BCUT2D eigenvalue weighted by Gasteiger charge is 2.41. The molecule has 2 aromatic carbocycles. The zero-order chi connectivity index (χ0) is 27.2. The quantitative estimate of drug-likeness (QED) is 0.266. The van der Waals surface area contributed by atoms with Crippen molar-refractivity contribution in [1.29, 1.82) is 0 Å². The molecular formula is C26H30F6NO3P. The Bertz CT molecular complexity index is 1150.